The Hall–Kier alpha value is -3.24. The zero-order valence-electron chi connectivity index (χ0n) is 16.5. The van der Waals surface area contributed by atoms with E-state index in [0.717, 1.165) is 23.9 Å². The fraction of sp³-hybridized carbons (Fsp3) is 0.421. The van der Waals surface area contributed by atoms with Gasteiger partial charge in [0.15, 0.2) is 11.5 Å². The van der Waals surface area contributed by atoms with Crippen LogP contribution in [-0.2, 0) is 6.18 Å². The van der Waals surface area contributed by atoms with Crippen LogP contribution in [0.4, 0.5) is 19.0 Å². The van der Waals surface area contributed by atoms with Crippen LogP contribution in [0.15, 0.2) is 30.5 Å². The molecule has 1 aliphatic rings. The van der Waals surface area contributed by atoms with Gasteiger partial charge in [-0.25, -0.2) is 0 Å². The number of piperidine rings is 1. The van der Waals surface area contributed by atoms with E-state index < -0.39 is 11.9 Å². The van der Waals surface area contributed by atoms with E-state index in [4.69, 9.17) is 0 Å². The summed E-state index contributed by atoms with van der Waals surface area (Å²) in [5.41, 5.74) is -0.211. The monoisotopic (exact) mass is 419 g/mol. The van der Waals surface area contributed by atoms with Gasteiger partial charge >= 0.3 is 6.18 Å². The third-order valence-electron chi connectivity index (χ3n) is 5.18. The van der Waals surface area contributed by atoms with E-state index in [1.807, 2.05) is 31.1 Å². The Kier molecular flexibility index (Phi) is 5.04. The number of anilines is 1. The Morgan fingerprint density at radius 1 is 1.10 bits per heavy atom. The summed E-state index contributed by atoms with van der Waals surface area (Å²) in [7, 11) is 3.80. The second kappa shape index (κ2) is 7.54. The highest BCUT2D eigenvalue weighted by molar-refractivity contribution is 5.94. The van der Waals surface area contributed by atoms with Crippen molar-refractivity contribution in [2.75, 3.05) is 32.1 Å². The summed E-state index contributed by atoms with van der Waals surface area (Å²) in [5, 5.41) is 13.0. The molecule has 11 heteroatoms. The minimum atomic E-state index is -4.53. The van der Waals surface area contributed by atoms with Gasteiger partial charge in [0.05, 0.1) is 5.56 Å². The van der Waals surface area contributed by atoms with Crippen molar-refractivity contribution in [2.24, 2.45) is 0 Å². The van der Waals surface area contributed by atoms with Crippen molar-refractivity contribution in [1.82, 2.24) is 29.7 Å². The Balaban J connectivity index is 1.46. The van der Waals surface area contributed by atoms with Gasteiger partial charge in [-0.2, -0.15) is 17.7 Å². The fourth-order valence-corrected chi connectivity index (χ4v) is 3.50. The molecule has 1 fully saturated rings. The van der Waals surface area contributed by atoms with Crippen LogP contribution in [0.2, 0.25) is 0 Å². The molecule has 0 saturated carbocycles. The SMILES string of the molecule is CN(C)c1ccc2nnc(C3CCN(C(=O)c4ccc(C(F)(F)F)nc4)CC3)n2n1. The van der Waals surface area contributed by atoms with Crippen LogP contribution in [0, 0.1) is 0 Å². The van der Waals surface area contributed by atoms with Crippen molar-refractivity contribution in [3.63, 3.8) is 0 Å². The average molecular weight is 419 g/mol. The predicted molar refractivity (Wildman–Crippen MR) is 102 cm³/mol. The summed E-state index contributed by atoms with van der Waals surface area (Å²) in [6.07, 6.45) is -2.22. The smallest absolute Gasteiger partial charge is 0.361 e. The molecule has 8 nitrogen and oxygen atoms in total. The van der Waals surface area contributed by atoms with E-state index >= 15 is 0 Å². The largest absolute Gasteiger partial charge is 0.433 e. The molecule has 3 aromatic rings. The Bertz CT molecular complexity index is 1050. The predicted octanol–water partition coefficient (Wildman–Crippen LogP) is 2.62. The lowest BCUT2D eigenvalue weighted by Gasteiger charge is -2.31. The minimum absolute atomic E-state index is 0.0830. The molecule has 158 valence electrons. The van der Waals surface area contributed by atoms with Crippen LogP contribution in [0.5, 0.6) is 0 Å². The minimum Gasteiger partial charge on any atom is -0.361 e. The van der Waals surface area contributed by atoms with Crippen molar-refractivity contribution in [3.8, 4) is 0 Å². The number of amides is 1. The molecule has 1 aliphatic heterocycles. The third-order valence-corrected chi connectivity index (χ3v) is 5.18. The van der Waals surface area contributed by atoms with Gasteiger partial charge in [-0.05, 0) is 37.1 Å². The molecule has 0 spiro atoms. The lowest BCUT2D eigenvalue weighted by Crippen LogP contribution is -2.38. The maximum atomic E-state index is 12.7. The highest BCUT2D eigenvalue weighted by Crippen LogP contribution is 2.29. The lowest BCUT2D eigenvalue weighted by atomic mass is 9.95. The van der Waals surface area contributed by atoms with Crippen LogP contribution in [0.25, 0.3) is 5.65 Å². The number of carbonyl (C=O) groups is 1. The van der Waals surface area contributed by atoms with Crippen LogP contribution >= 0.6 is 0 Å². The van der Waals surface area contributed by atoms with Gasteiger partial charge in [0.25, 0.3) is 5.91 Å². The molecule has 0 N–H and O–H groups in total. The van der Waals surface area contributed by atoms with Crippen LogP contribution in [0.3, 0.4) is 0 Å². The number of carbonyl (C=O) groups excluding carboxylic acids is 1. The molecule has 1 amide bonds. The molecule has 4 heterocycles. The first-order chi connectivity index (χ1) is 14.2. The fourth-order valence-electron chi connectivity index (χ4n) is 3.50. The summed E-state index contributed by atoms with van der Waals surface area (Å²) in [6.45, 7) is 0.930. The standard InChI is InChI=1S/C19H20F3N7O/c1-27(2)16-6-5-15-24-25-17(29(15)26-16)12-7-9-28(10-8-12)18(30)13-3-4-14(23-11-13)19(20,21)22/h3-6,11-12H,7-10H2,1-2H3. The third kappa shape index (κ3) is 3.79. The second-order valence-electron chi connectivity index (χ2n) is 7.41. The van der Waals surface area contributed by atoms with Gasteiger partial charge in [0.2, 0.25) is 0 Å². The Morgan fingerprint density at radius 2 is 1.83 bits per heavy atom. The van der Waals surface area contributed by atoms with E-state index in [1.165, 1.54) is 6.07 Å². The molecule has 4 rings (SSSR count). The number of aromatic nitrogens is 5. The zero-order valence-corrected chi connectivity index (χ0v) is 16.5. The second-order valence-corrected chi connectivity index (χ2v) is 7.41. The van der Waals surface area contributed by atoms with E-state index in [1.54, 1.807) is 9.42 Å². The van der Waals surface area contributed by atoms with Gasteiger partial charge in [0.1, 0.15) is 11.5 Å². The molecule has 3 aromatic heterocycles. The molecule has 0 unspecified atom stereocenters. The van der Waals surface area contributed by atoms with Gasteiger partial charge in [0, 0.05) is 39.3 Å². The van der Waals surface area contributed by atoms with Gasteiger partial charge in [-0.15, -0.1) is 15.3 Å². The number of nitrogens with zero attached hydrogens (tertiary/aromatic N) is 7. The molecule has 0 atom stereocenters. The summed E-state index contributed by atoms with van der Waals surface area (Å²) >= 11 is 0. The maximum absolute atomic E-state index is 12.7. The molecule has 0 aliphatic carbocycles. The summed E-state index contributed by atoms with van der Waals surface area (Å²) in [6, 6.07) is 5.72. The quantitative estimate of drug-likeness (QED) is 0.650. The van der Waals surface area contributed by atoms with Crippen molar-refractivity contribution in [3.05, 3.63) is 47.5 Å². The van der Waals surface area contributed by atoms with Crippen molar-refractivity contribution >= 4 is 17.4 Å². The highest BCUT2D eigenvalue weighted by Gasteiger charge is 2.33. The molecule has 0 aromatic carbocycles. The summed E-state index contributed by atoms with van der Waals surface area (Å²) < 4.78 is 39.7. The molecule has 1 saturated heterocycles. The Morgan fingerprint density at radius 3 is 2.43 bits per heavy atom. The number of fused-ring (bicyclic) bond motifs is 1. The van der Waals surface area contributed by atoms with Crippen LogP contribution in [0.1, 0.15) is 40.6 Å². The van der Waals surface area contributed by atoms with Crippen molar-refractivity contribution in [1.29, 1.82) is 0 Å². The number of hydrogen-bond acceptors (Lipinski definition) is 6. The van der Waals surface area contributed by atoms with E-state index in [-0.39, 0.29) is 17.4 Å². The summed E-state index contributed by atoms with van der Waals surface area (Å²) in [5.74, 6) is 1.29. The van der Waals surface area contributed by atoms with Crippen molar-refractivity contribution in [2.45, 2.75) is 24.9 Å². The van der Waals surface area contributed by atoms with Gasteiger partial charge in [-0.3, -0.25) is 9.78 Å². The van der Waals surface area contributed by atoms with E-state index in [0.29, 0.717) is 31.6 Å². The van der Waals surface area contributed by atoms with Crippen LogP contribution < -0.4 is 4.90 Å². The first-order valence-electron chi connectivity index (χ1n) is 9.46. The zero-order chi connectivity index (χ0) is 21.5. The number of rotatable bonds is 3. The molecular formula is C19H20F3N7O. The van der Waals surface area contributed by atoms with Gasteiger partial charge in [-0.1, -0.05) is 0 Å². The Labute approximate surface area is 170 Å². The number of halogens is 3. The highest BCUT2D eigenvalue weighted by atomic mass is 19.4. The van der Waals surface area contributed by atoms with Gasteiger partial charge < -0.3 is 9.80 Å². The molecule has 0 bridgehead atoms. The summed E-state index contributed by atoms with van der Waals surface area (Å²) in [4.78, 5) is 19.5. The molecular weight excluding hydrogens is 399 g/mol. The number of alkyl halides is 3. The normalized spacial score (nSPS) is 15.6. The lowest BCUT2D eigenvalue weighted by molar-refractivity contribution is -0.141. The maximum Gasteiger partial charge on any atom is 0.433 e. The first-order valence-corrected chi connectivity index (χ1v) is 9.46. The van der Waals surface area contributed by atoms with Crippen molar-refractivity contribution < 1.29 is 18.0 Å². The first kappa shape index (κ1) is 20.0. The molecule has 30 heavy (non-hydrogen) atoms. The topological polar surface area (TPSA) is 79.5 Å². The number of pyridine rings is 1. The number of likely N-dealkylation sites (tertiary alicyclic amines) is 1. The average Bonchev–Trinajstić information content (AvgIpc) is 3.16. The van der Waals surface area contributed by atoms with E-state index in [2.05, 4.69) is 20.3 Å². The molecule has 0 radical (unpaired) electrons. The van der Waals surface area contributed by atoms with Crippen LogP contribution in [-0.4, -0.2) is 62.8 Å². The number of hydrogen-bond donors (Lipinski definition) is 0. The van der Waals surface area contributed by atoms with E-state index in [9.17, 15) is 18.0 Å².